The van der Waals surface area contributed by atoms with Gasteiger partial charge in [-0.1, -0.05) is 5.92 Å². The maximum absolute atomic E-state index is 11.2. The van der Waals surface area contributed by atoms with Crippen LogP contribution in [0, 0.1) is 11.8 Å². The molecule has 1 heterocycles. The van der Waals surface area contributed by atoms with Crippen LogP contribution in [0.5, 0.6) is 5.75 Å². The minimum Gasteiger partial charge on any atom is -0.495 e. The summed E-state index contributed by atoms with van der Waals surface area (Å²) in [6.45, 7) is -0.242. The second kappa shape index (κ2) is 5.12. The quantitative estimate of drug-likeness (QED) is 0.645. The van der Waals surface area contributed by atoms with Crippen molar-refractivity contribution in [2.24, 2.45) is 0 Å². The molecule has 0 aliphatic rings. The number of pyridine rings is 1. The van der Waals surface area contributed by atoms with Gasteiger partial charge in [-0.2, -0.15) is 4.94 Å². The van der Waals surface area contributed by atoms with Gasteiger partial charge in [-0.15, -0.1) is 0 Å². The van der Waals surface area contributed by atoms with E-state index in [1.165, 1.54) is 0 Å². The van der Waals surface area contributed by atoms with Crippen molar-refractivity contribution in [1.82, 2.24) is 4.98 Å². The van der Waals surface area contributed by atoms with Crippen LogP contribution in [0.4, 0.5) is 4.53 Å². The van der Waals surface area contributed by atoms with Crippen molar-refractivity contribution in [3.05, 3.63) is 24.0 Å². The smallest absolute Gasteiger partial charge is 0.148 e. The topological polar surface area (TPSA) is 31.4 Å². The zero-order chi connectivity index (χ0) is 9.52. The second-order valence-electron chi connectivity index (χ2n) is 2.14. The van der Waals surface area contributed by atoms with Gasteiger partial charge in [-0.3, -0.25) is 0 Å². The number of nitrogens with zero attached hydrogens (tertiary/aromatic N) is 1. The van der Waals surface area contributed by atoms with E-state index in [0.717, 1.165) is 0 Å². The molecular formula is C9H8FNO2. The van der Waals surface area contributed by atoms with Crippen molar-refractivity contribution in [2.75, 3.05) is 13.7 Å². The molecule has 13 heavy (non-hydrogen) atoms. The summed E-state index contributed by atoms with van der Waals surface area (Å²) in [5.74, 6) is 5.71. The van der Waals surface area contributed by atoms with Crippen molar-refractivity contribution in [3.8, 4) is 17.6 Å². The maximum atomic E-state index is 11.2. The van der Waals surface area contributed by atoms with Gasteiger partial charge >= 0.3 is 0 Å². The average Bonchev–Trinajstić information content (AvgIpc) is 2.19. The Bertz CT molecular complexity index is 313. The predicted octanol–water partition coefficient (Wildman–Crippen LogP) is 1.34. The van der Waals surface area contributed by atoms with Gasteiger partial charge < -0.3 is 4.74 Å². The monoisotopic (exact) mass is 181 g/mol. The van der Waals surface area contributed by atoms with Crippen LogP contribution in [-0.2, 0) is 4.94 Å². The Morgan fingerprint density at radius 1 is 1.54 bits per heavy atom. The van der Waals surface area contributed by atoms with Gasteiger partial charge in [0.25, 0.3) is 0 Å². The molecule has 0 saturated carbocycles. The third-order valence-electron chi connectivity index (χ3n) is 1.32. The Labute approximate surface area is 75.4 Å². The predicted molar refractivity (Wildman–Crippen MR) is 44.7 cm³/mol. The standard InChI is InChI=1S/C9H8FNO2/c1-12-9-5-4-8(11-7-9)3-2-6-13-10/h4-5,7H,6H2,1H3. The molecule has 0 spiro atoms. The molecule has 0 N–H and O–H groups in total. The lowest BCUT2D eigenvalue weighted by atomic mass is 10.3. The molecule has 4 heteroatoms. The molecule has 0 aliphatic carbocycles. The lowest BCUT2D eigenvalue weighted by Crippen LogP contribution is -1.86. The summed E-state index contributed by atoms with van der Waals surface area (Å²) in [5.41, 5.74) is 0.554. The van der Waals surface area contributed by atoms with E-state index in [2.05, 4.69) is 21.8 Å². The number of halogens is 1. The fourth-order valence-corrected chi connectivity index (χ4v) is 0.729. The van der Waals surface area contributed by atoms with Crippen molar-refractivity contribution in [1.29, 1.82) is 0 Å². The number of hydrogen-bond acceptors (Lipinski definition) is 3. The number of rotatable bonds is 2. The summed E-state index contributed by atoms with van der Waals surface area (Å²) >= 11 is 0. The Balaban J connectivity index is 2.65. The third kappa shape index (κ3) is 3.09. The van der Waals surface area contributed by atoms with E-state index in [4.69, 9.17) is 4.74 Å². The molecule has 68 valence electrons. The van der Waals surface area contributed by atoms with Crippen LogP contribution in [0.15, 0.2) is 18.3 Å². The first-order valence-corrected chi connectivity index (χ1v) is 3.59. The molecule has 0 amide bonds. The van der Waals surface area contributed by atoms with E-state index < -0.39 is 0 Å². The van der Waals surface area contributed by atoms with Crippen molar-refractivity contribution in [2.45, 2.75) is 0 Å². The van der Waals surface area contributed by atoms with E-state index >= 15 is 0 Å². The highest BCUT2D eigenvalue weighted by Gasteiger charge is 1.90. The van der Waals surface area contributed by atoms with Crippen LogP contribution < -0.4 is 4.74 Å². The van der Waals surface area contributed by atoms with E-state index in [1.807, 2.05) is 0 Å². The Hall–Kier alpha value is -1.60. The zero-order valence-corrected chi connectivity index (χ0v) is 7.08. The first-order valence-electron chi connectivity index (χ1n) is 3.59. The third-order valence-corrected chi connectivity index (χ3v) is 1.32. The van der Waals surface area contributed by atoms with Gasteiger partial charge in [0, 0.05) is 0 Å². The van der Waals surface area contributed by atoms with Crippen molar-refractivity contribution < 1.29 is 14.2 Å². The number of ether oxygens (including phenoxy) is 1. The van der Waals surface area contributed by atoms with E-state index in [9.17, 15) is 4.53 Å². The average molecular weight is 181 g/mol. The highest BCUT2D eigenvalue weighted by molar-refractivity contribution is 5.31. The molecule has 0 aliphatic heterocycles. The lowest BCUT2D eigenvalue weighted by Gasteiger charge is -1.96. The summed E-state index contributed by atoms with van der Waals surface area (Å²) in [6.07, 6.45) is 1.54. The van der Waals surface area contributed by atoms with Gasteiger partial charge in [0.2, 0.25) is 0 Å². The van der Waals surface area contributed by atoms with Gasteiger partial charge in [0.05, 0.1) is 13.3 Å². The minimum absolute atomic E-state index is 0.242. The minimum atomic E-state index is -0.242. The summed E-state index contributed by atoms with van der Waals surface area (Å²) in [5, 5.41) is 0. The molecular weight excluding hydrogens is 173 g/mol. The van der Waals surface area contributed by atoms with Crippen LogP contribution in [0.3, 0.4) is 0 Å². The molecule has 0 saturated heterocycles. The molecule has 0 fully saturated rings. The fourth-order valence-electron chi connectivity index (χ4n) is 0.729. The summed E-state index contributed by atoms with van der Waals surface area (Å²) in [6, 6.07) is 3.41. The first kappa shape index (κ1) is 9.49. The van der Waals surface area contributed by atoms with Gasteiger partial charge in [-0.25, -0.2) is 4.98 Å². The summed E-state index contributed by atoms with van der Waals surface area (Å²) in [7, 11) is 1.55. The second-order valence-corrected chi connectivity index (χ2v) is 2.14. The molecule has 1 aromatic rings. The zero-order valence-electron chi connectivity index (χ0n) is 7.08. The Kier molecular flexibility index (Phi) is 3.74. The van der Waals surface area contributed by atoms with Crippen molar-refractivity contribution in [3.63, 3.8) is 0 Å². The van der Waals surface area contributed by atoms with E-state index in [0.29, 0.717) is 11.4 Å². The molecule has 0 atom stereocenters. The van der Waals surface area contributed by atoms with Gasteiger partial charge in [0.1, 0.15) is 18.1 Å². The SMILES string of the molecule is COc1ccc(C#CCOF)nc1. The van der Waals surface area contributed by atoms with Crippen LogP contribution in [0.25, 0.3) is 0 Å². The first-order chi connectivity index (χ1) is 6.36. The molecule has 0 bridgehead atoms. The van der Waals surface area contributed by atoms with Crippen LogP contribution in [0.2, 0.25) is 0 Å². The van der Waals surface area contributed by atoms with Crippen molar-refractivity contribution >= 4 is 0 Å². The normalized spacial score (nSPS) is 8.77. The number of methoxy groups -OCH3 is 1. The van der Waals surface area contributed by atoms with Crippen LogP contribution >= 0.6 is 0 Å². The van der Waals surface area contributed by atoms with E-state index in [-0.39, 0.29) is 6.61 Å². The molecule has 1 aromatic heterocycles. The number of hydrogen-bond donors (Lipinski definition) is 0. The summed E-state index contributed by atoms with van der Waals surface area (Å²) in [4.78, 5) is 7.23. The Morgan fingerprint density at radius 2 is 2.38 bits per heavy atom. The molecule has 0 aromatic carbocycles. The Morgan fingerprint density at radius 3 is 2.92 bits per heavy atom. The number of aromatic nitrogens is 1. The summed E-state index contributed by atoms with van der Waals surface area (Å²) < 4.78 is 16.1. The van der Waals surface area contributed by atoms with Gasteiger partial charge in [-0.05, 0) is 22.6 Å². The van der Waals surface area contributed by atoms with Gasteiger partial charge in [0.15, 0.2) is 0 Å². The largest absolute Gasteiger partial charge is 0.495 e. The lowest BCUT2D eigenvalue weighted by molar-refractivity contribution is -0.115. The van der Waals surface area contributed by atoms with Crippen LogP contribution in [0.1, 0.15) is 5.69 Å². The maximum Gasteiger partial charge on any atom is 0.148 e. The fraction of sp³-hybridized carbons (Fsp3) is 0.222. The molecule has 0 radical (unpaired) electrons. The highest BCUT2D eigenvalue weighted by atomic mass is 19.3. The molecule has 3 nitrogen and oxygen atoms in total. The highest BCUT2D eigenvalue weighted by Crippen LogP contribution is 2.06. The molecule has 0 unspecified atom stereocenters. The van der Waals surface area contributed by atoms with E-state index in [1.54, 1.807) is 25.4 Å². The molecule has 1 rings (SSSR count). The van der Waals surface area contributed by atoms with Crippen LogP contribution in [-0.4, -0.2) is 18.7 Å².